The highest BCUT2D eigenvalue weighted by Crippen LogP contribution is 2.64. The van der Waals surface area contributed by atoms with Gasteiger partial charge in [0.1, 0.15) is 0 Å². The zero-order valence-electron chi connectivity index (χ0n) is 26.9. The topological polar surface area (TPSA) is 71.0 Å². The number of fused-ring (bicyclic) bond motifs is 5. The first-order valence-electron chi connectivity index (χ1n) is 16.9. The van der Waals surface area contributed by atoms with E-state index in [4.69, 9.17) is 4.84 Å². The van der Waals surface area contributed by atoms with Crippen molar-refractivity contribution in [3.05, 3.63) is 11.6 Å². The second-order valence-electron chi connectivity index (χ2n) is 15.7. The summed E-state index contributed by atoms with van der Waals surface area (Å²) in [6.45, 7) is 15.1. The maximum Gasteiger partial charge on any atom is 0.436 e. The van der Waals surface area contributed by atoms with E-state index >= 15 is 0 Å². The molecule has 5 aliphatic rings. The zero-order valence-corrected chi connectivity index (χ0v) is 26.9. The fourth-order valence-electron chi connectivity index (χ4n) is 10.1. The summed E-state index contributed by atoms with van der Waals surface area (Å²) in [7, 11) is 0. The lowest BCUT2D eigenvalue weighted by atomic mass is 9.58. The van der Waals surface area contributed by atoms with Gasteiger partial charge in [0.25, 0.3) is 0 Å². The van der Waals surface area contributed by atoms with Crippen molar-refractivity contribution in [1.82, 2.24) is 10.2 Å². The Labute approximate surface area is 249 Å². The van der Waals surface area contributed by atoms with Gasteiger partial charge in [-0.2, -0.15) is 0 Å². The van der Waals surface area contributed by atoms with Gasteiger partial charge in [-0.3, -0.25) is 9.63 Å². The second kappa shape index (κ2) is 12.1. The van der Waals surface area contributed by atoms with Crippen LogP contribution >= 0.6 is 0 Å². The monoisotopic (exact) mass is 567 g/mol. The van der Waals surface area contributed by atoms with Crippen molar-refractivity contribution in [1.29, 1.82) is 0 Å². The lowest BCUT2D eigenvalue weighted by Crippen LogP contribution is -2.48. The van der Waals surface area contributed by atoms with Crippen LogP contribution in [0.15, 0.2) is 16.8 Å². The van der Waals surface area contributed by atoms with Crippen LogP contribution in [0.1, 0.15) is 131 Å². The van der Waals surface area contributed by atoms with Gasteiger partial charge in [0.2, 0.25) is 0 Å². The van der Waals surface area contributed by atoms with Crippen LogP contribution < -0.4 is 5.32 Å². The van der Waals surface area contributed by atoms with Crippen molar-refractivity contribution in [2.24, 2.45) is 39.7 Å². The van der Waals surface area contributed by atoms with Gasteiger partial charge < -0.3 is 10.2 Å². The first-order chi connectivity index (χ1) is 19.4. The summed E-state index contributed by atoms with van der Waals surface area (Å²) in [5.41, 5.74) is 2.49. The van der Waals surface area contributed by atoms with Gasteiger partial charge in [0.15, 0.2) is 5.78 Å². The standard InChI is InChI=1S/C35H57N3O3/c1-24(37-41-32(40)38(33(2,3)4)22-18-26-12-7-8-21-36-26)29-15-16-31-28-13-9-11-25-23-27(39)17-20-34(25,5)30(28)14-10-19-35(29,31)6/h23,26,28-31,36H,7-22H2,1-6H3/b37-24+/t26?,28-,29-,30+,31+,34+,35-/m1/s1. The molecule has 0 radical (unpaired) electrons. The highest BCUT2D eigenvalue weighted by Gasteiger charge is 2.56. The molecule has 0 spiro atoms. The minimum atomic E-state index is -0.323. The Morgan fingerprint density at radius 2 is 1.83 bits per heavy atom. The van der Waals surface area contributed by atoms with Crippen molar-refractivity contribution < 1.29 is 14.4 Å². The minimum absolute atomic E-state index is 0.181. The number of ketones is 1. The average molecular weight is 568 g/mol. The molecule has 0 aromatic carbocycles. The van der Waals surface area contributed by atoms with Crippen LogP contribution in [0, 0.1) is 34.5 Å². The van der Waals surface area contributed by atoms with E-state index in [1.807, 2.05) is 11.0 Å². The van der Waals surface area contributed by atoms with Crippen molar-refractivity contribution in [2.45, 2.75) is 143 Å². The summed E-state index contributed by atoms with van der Waals surface area (Å²) in [6, 6.07) is 0.480. The predicted octanol–water partition coefficient (Wildman–Crippen LogP) is 8.06. The molecule has 0 aromatic rings. The third-order valence-electron chi connectivity index (χ3n) is 12.4. The molecule has 1 aliphatic heterocycles. The van der Waals surface area contributed by atoms with E-state index in [2.05, 4.69) is 52.0 Å². The van der Waals surface area contributed by atoms with Gasteiger partial charge >= 0.3 is 6.09 Å². The fraction of sp³-hybridized carbons (Fsp3) is 0.857. The number of hydrogen-bond acceptors (Lipinski definition) is 5. The van der Waals surface area contributed by atoms with Crippen LogP contribution in [0.25, 0.3) is 0 Å². The molecule has 1 saturated heterocycles. The Kier molecular flexibility index (Phi) is 9.10. The summed E-state index contributed by atoms with van der Waals surface area (Å²) in [5, 5.41) is 8.18. The van der Waals surface area contributed by atoms with E-state index in [0.29, 0.717) is 48.5 Å². The van der Waals surface area contributed by atoms with Gasteiger partial charge in [0.05, 0.1) is 5.71 Å². The molecule has 4 aliphatic carbocycles. The molecule has 0 bridgehead atoms. The number of hydrogen-bond donors (Lipinski definition) is 1. The Morgan fingerprint density at radius 3 is 2.56 bits per heavy atom. The van der Waals surface area contributed by atoms with Gasteiger partial charge in [-0.15, -0.1) is 0 Å². The normalized spacial score (nSPS) is 38.1. The van der Waals surface area contributed by atoms with Crippen molar-refractivity contribution in [3.63, 3.8) is 0 Å². The van der Waals surface area contributed by atoms with Crippen LogP contribution in [-0.2, 0) is 9.63 Å². The maximum atomic E-state index is 13.4. The molecule has 230 valence electrons. The first-order valence-corrected chi connectivity index (χ1v) is 16.9. The van der Waals surface area contributed by atoms with Gasteiger partial charge in [0, 0.05) is 30.5 Å². The molecule has 1 unspecified atom stereocenters. The van der Waals surface area contributed by atoms with Crippen molar-refractivity contribution in [3.8, 4) is 0 Å². The summed E-state index contributed by atoms with van der Waals surface area (Å²) >= 11 is 0. The largest absolute Gasteiger partial charge is 0.436 e. The highest BCUT2D eigenvalue weighted by atomic mass is 16.7. The predicted molar refractivity (Wildman–Crippen MR) is 166 cm³/mol. The molecule has 41 heavy (non-hydrogen) atoms. The summed E-state index contributed by atoms with van der Waals surface area (Å²) in [4.78, 5) is 33.3. The number of nitrogens with one attached hydrogen (secondary N) is 1. The number of carbonyl (C=O) groups is 2. The lowest BCUT2D eigenvalue weighted by Gasteiger charge is -2.46. The molecule has 1 amide bonds. The molecule has 5 rings (SSSR count). The number of allylic oxidation sites excluding steroid dienone is 2. The summed E-state index contributed by atoms with van der Waals surface area (Å²) in [5.74, 6) is 2.74. The van der Waals surface area contributed by atoms with E-state index in [0.717, 1.165) is 37.9 Å². The number of piperidine rings is 1. The zero-order chi connectivity index (χ0) is 29.4. The third kappa shape index (κ3) is 6.19. The molecule has 6 nitrogen and oxygen atoms in total. The molecule has 3 saturated carbocycles. The Balaban J connectivity index is 1.29. The molecule has 1 heterocycles. The maximum absolute atomic E-state index is 13.4. The first kappa shape index (κ1) is 30.8. The van der Waals surface area contributed by atoms with Gasteiger partial charge in [-0.25, -0.2) is 4.79 Å². The smallest absolute Gasteiger partial charge is 0.314 e. The van der Waals surface area contributed by atoms with Crippen LogP contribution in [-0.4, -0.2) is 47.2 Å². The van der Waals surface area contributed by atoms with Crippen LogP contribution in [0.2, 0.25) is 0 Å². The van der Waals surface area contributed by atoms with Gasteiger partial charge in [-0.05, 0) is 140 Å². The Hall–Kier alpha value is -1.69. The minimum Gasteiger partial charge on any atom is -0.314 e. The van der Waals surface area contributed by atoms with Crippen molar-refractivity contribution >= 4 is 17.6 Å². The van der Waals surface area contributed by atoms with E-state index in [-0.39, 0.29) is 22.5 Å². The molecule has 4 fully saturated rings. The SMILES string of the molecule is C/C(=N\OC(=O)N(CCC1CCCCN1)C(C)(C)C)[C@H]1CC[C@H]2[C@@H]3CCCC4=CC(=O)CC[C@]4(C)[C@H]3CCC[C@]12C. The van der Waals surface area contributed by atoms with E-state index < -0.39 is 0 Å². The molecule has 0 aromatic heterocycles. The quantitative estimate of drug-likeness (QED) is 0.207. The number of nitrogens with zero attached hydrogens (tertiary/aromatic N) is 2. The number of carbonyl (C=O) groups excluding carboxylic acids is 2. The number of amides is 1. The molecular formula is C35H57N3O3. The fourth-order valence-corrected chi connectivity index (χ4v) is 10.1. The van der Waals surface area contributed by atoms with Crippen LogP contribution in [0.3, 0.4) is 0 Å². The average Bonchev–Trinajstić information content (AvgIpc) is 3.10. The molecule has 1 N–H and O–H groups in total. The van der Waals surface area contributed by atoms with Crippen LogP contribution in [0.4, 0.5) is 4.79 Å². The molecular weight excluding hydrogens is 510 g/mol. The van der Waals surface area contributed by atoms with E-state index in [1.165, 1.54) is 63.4 Å². The highest BCUT2D eigenvalue weighted by molar-refractivity contribution is 5.91. The second-order valence-corrected chi connectivity index (χ2v) is 15.7. The van der Waals surface area contributed by atoms with Crippen LogP contribution in [0.5, 0.6) is 0 Å². The van der Waals surface area contributed by atoms with Gasteiger partial charge in [-0.1, -0.05) is 37.4 Å². The van der Waals surface area contributed by atoms with Crippen molar-refractivity contribution in [2.75, 3.05) is 13.1 Å². The molecule has 6 heteroatoms. The van der Waals surface area contributed by atoms with E-state index in [1.54, 1.807) is 0 Å². The van der Waals surface area contributed by atoms with E-state index in [9.17, 15) is 9.59 Å². The Bertz CT molecular complexity index is 1040. The molecule has 7 atom stereocenters. The Morgan fingerprint density at radius 1 is 1.02 bits per heavy atom. The summed E-state index contributed by atoms with van der Waals surface area (Å²) in [6.07, 6.45) is 17.8. The third-order valence-corrected chi connectivity index (χ3v) is 12.4. The summed E-state index contributed by atoms with van der Waals surface area (Å²) < 4.78 is 0. The number of rotatable bonds is 5. The lowest BCUT2D eigenvalue weighted by molar-refractivity contribution is -0.116. The number of oxime groups is 1.